The number of carbonyl (C=O) groups excluding carboxylic acids is 1. The molecular weight excluding hydrogens is 270 g/mol. The zero-order valence-electron chi connectivity index (χ0n) is 12.9. The quantitative estimate of drug-likeness (QED) is 0.466. The summed E-state index contributed by atoms with van der Waals surface area (Å²) in [5.41, 5.74) is 1.29. The molecular formula is C16H21NO4. The molecule has 21 heavy (non-hydrogen) atoms. The third kappa shape index (κ3) is 5.77. The minimum absolute atomic E-state index is 0.399. The van der Waals surface area contributed by atoms with E-state index in [1.807, 2.05) is 6.92 Å². The van der Waals surface area contributed by atoms with Crippen LogP contribution in [0, 0.1) is 10.1 Å². The van der Waals surface area contributed by atoms with Crippen molar-refractivity contribution in [3.8, 4) is 0 Å². The van der Waals surface area contributed by atoms with Crippen LogP contribution in [-0.2, 0) is 4.74 Å². The van der Waals surface area contributed by atoms with Crippen LogP contribution in [0.4, 0.5) is 0 Å². The number of ether oxygens (including phenoxy) is 1. The fourth-order valence-electron chi connectivity index (χ4n) is 1.84. The number of hydrogen-bond acceptors (Lipinski definition) is 4. The summed E-state index contributed by atoms with van der Waals surface area (Å²) in [5, 5.41) is 10.6. The summed E-state index contributed by atoms with van der Waals surface area (Å²) < 4.78 is 5.27. The molecule has 0 aromatic heterocycles. The Balaban J connectivity index is 2.95. The normalized spacial score (nSPS) is 12.1. The molecule has 0 aliphatic carbocycles. The molecule has 0 atom stereocenters. The minimum atomic E-state index is -0.547. The van der Waals surface area contributed by atoms with Crippen molar-refractivity contribution in [2.24, 2.45) is 0 Å². The lowest BCUT2D eigenvalue weighted by atomic mass is 10.0. The fourth-order valence-corrected chi connectivity index (χ4v) is 1.84. The van der Waals surface area contributed by atoms with Crippen LogP contribution in [-0.4, -0.2) is 16.5 Å². The molecule has 0 bridgehead atoms. The van der Waals surface area contributed by atoms with Gasteiger partial charge in [0.05, 0.1) is 10.5 Å². The summed E-state index contributed by atoms with van der Waals surface area (Å²) in [7, 11) is 0. The van der Waals surface area contributed by atoms with E-state index in [4.69, 9.17) is 4.74 Å². The molecule has 0 radical (unpaired) electrons. The van der Waals surface area contributed by atoms with E-state index in [9.17, 15) is 14.9 Å². The van der Waals surface area contributed by atoms with Crippen molar-refractivity contribution >= 4 is 11.5 Å². The molecule has 114 valence electrons. The fraction of sp³-hybridized carbons (Fsp3) is 0.438. The highest BCUT2D eigenvalue weighted by Gasteiger charge is 2.18. The van der Waals surface area contributed by atoms with Crippen LogP contribution in [0.1, 0.15) is 56.5 Å². The van der Waals surface area contributed by atoms with Crippen LogP contribution in [0.3, 0.4) is 0 Å². The molecule has 1 rings (SSSR count). The molecule has 0 spiro atoms. The van der Waals surface area contributed by atoms with E-state index in [2.05, 4.69) is 0 Å². The lowest BCUT2D eigenvalue weighted by molar-refractivity contribution is -0.401. The van der Waals surface area contributed by atoms with Crippen LogP contribution >= 0.6 is 0 Å². The molecule has 0 aliphatic rings. The second-order valence-corrected chi connectivity index (χ2v) is 5.77. The number of hydrogen-bond donors (Lipinski definition) is 0. The maximum absolute atomic E-state index is 11.9. The first kappa shape index (κ1) is 16.9. The van der Waals surface area contributed by atoms with Crippen molar-refractivity contribution < 1.29 is 14.5 Å². The van der Waals surface area contributed by atoms with Crippen molar-refractivity contribution in [1.29, 1.82) is 0 Å². The Hall–Kier alpha value is -2.17. The number of allylic oxidation sites excluding steroid dienone is 1. The Kier molecular flexibility index (Phi) is 5.64. The highest BCUT2D eigenvalue weighted by molar-refractivity contribution is 5.90. The van der Waals surface area contributed by atoms with E-state index in [1.165, 1.54) is 0 Å². The summed E-state index contributed by atoms with van der Waals surface area (Å²) in [6.07, 6.45) is 2.45. The Morgan fingerprint density at radius 3 is 2.19 bits per heavy atom. The highest BCUT2D eigenvalue weighted by Crippen LogP contribution is 2.21. The molecule has 0 aliphatic heterocycles. The van der Waals surface area contributed by atoms with Gasteiger partial charge >= 0.3 is 5.97 Å². The first-order valence-electron chi connectivity index (χ1n) is 6.91. The van der Waals surface area contributed by atoms with Gasteiger partial charge in [0.1, 0.15) is 5.60 Å². The van der Waals surface area contributed by atoms with Gasteiger partial charge in [0.25, 0.3) is 0 Å². The average molecular weight is 291 g/mol. The van der Waals surface area contributed by atoms with E-state index in [0.717, 1.165) is 18.2 Å². The average Bonchev–Trinajstić information content (AvgIpc) is 2.36. The first-order valence-corrected chi connectivity index (χ1v) is 6.91. The van der Waals surface area contributed by atoms with Crippen molar-refractivity contribution in [2.75, 3.05) is 0 Å². The summed E-state index contributed by atoms with van der Waals surface area (Å²) >= 11 is 0. The smallest absolute Gasteiger partial charge is 0.338 e. The van der Waals surface area contributed by atoms with Gasteiger partial charge in [-0.05, 0) is 44.9 Å². The van der Waals surface area contributed by atoms with Crippen molar-refractivity contribution in [2.45, 2.75) is 46.1 Å². The molecule has 1 aromatic carbocycles. The predicted molar refractivity (Wildman–Crippen MR) is 81.5 cm³/mol. The number of nitrogens with zero attached hydrogens (tertiary/aromatic N) is 1. The molecule has 0 N–H and O–H groups in total. The molecule has 0 unspecified atom stereocenters. The van der Waals surface area contributed by atoms with Gasteiger partial charge in [-0.2, -0.15) is 0 Å². The second-order valence-electron chi connectivity index (χ2n) is 5.77. The molecule has 5 nitrogen and oxygen atoms in total. The maximum atomic E-state index is 11.9. The van der Waals surface area contributed by atoms with Crippen molar-refractivity contribution in [1.82, 2.24) is 0 Å². The number of esters is 1. The molecule has 0 fully saturated rings. The topological polar surface area (TPSA) is 69.4 Å². The van der Waals surface area contributed by atoms with Gasteiger partial charge in [0.15, 0.2) is 0 Å². The Labute approximate surface area is 124 Å². The van der Waals surface area contributed by atoms with E-state index >= 15 is 0 Å². The van der Waals surface area contributed by atoms with Crippen molar-refractivity contribution in [3.05, 3.63) is 51.7 Å². The van der Waals surface area contributed by atoms with Crippen LogP contribution in [0.2, 0.25) is 0 Å². The molecule has 0 heterocycles. The summed E-state index contributed by atoms with van der Waals surface area (Å²) in [4.78, 5) is 22.1. The summed E-state index contributed by atoms with van der Waals surface area (Å²) in [6.45, 7) is 7.37. The van der Waals surface area contributed by atoms with Crippen LogP contribution < -0.4 is 0 Å². The highest BCUT2D eigenvalue weighted by atomic mass is 16.6. The van der Waals surface area contributed by atoms with Gasteiger partial charge in [-0.3, -0.25) is 10.1 Å². The number of nitro groups is 1. The van der Waals surface area contributed by atoms with Gasteiger partial charge in [-0.1, -0.05) is 25.5 Å². The summed E-state index contributed by atoms with van der Waals surface area (Å²) in [6, 6.07) is 6.69. The molecule has 0 saturated carbocycles. The van der Waals surface area contributed by atoms with Gasteiger partial charge in [0.2, 0.25) is 6.20 Å². The van der Waals surface area contributed by atoms with Gasteiger partial charge in [-0.25, -0.2) is 4.79 Å². The van der Waals surface area contributed by atoms with E-state index in [-0.39, 0.29) is 0 Å². The Bertz CT molecular complexity index is 538. The third-order valence-corrected chi connectivity index (χ3v) is 2.67. The van der Waals surface area contributed by atoms with E-state index in [1.54, 1.807) is 45.0 Å². The van der Waals surface area contributed by atoms with Crippen LogP contribution in [0.15, 0.2) is 30.5 Å². The van der Waals surface area contributed by atoms with Crippen LogP contribution in [0.25, 0.3) is 5.57 Å². The number of rotatable bonds is 5. The molecule has 5 heteroatoms. The zero-order chi connectivity index (χ0) is 16.0. The number of carbonyl (C=O) groups is 1. The van der Waals surface area contributed by atoms with Crippen molar-refractivity contribution in [3.63, 3.8) is 0 Å². The third-order valence-electron chi connectivity index (χ3n) is 2.67. The summed E-state index contributed by atoms with van der Waals surface area (Å²) in [5.74, 6) is -0.399. The van der Waals surface area contributed by atoms with Crippen LogP contribution in [0.5, 0.6) is 0 Å². The predicted octanol–water partition coefficient (Wildman–Crippen LogP) is 4.06. The minimum Gasteiger partial charge on any atom is -0.456 e. The second kappa shape index (κ2) is 7.02. The molecule has 0 saturated heterocycles. The lowest BCUT2D eigenvalue weighted by Crippen LogP contribution is -2.23. The standard InChI is InChI=1S/C16H21NO4/c1-5-6-14(11-17(19)20)12-7-9-13(10-8-12)15(18)21-16(2,3)4/h7-11H,5-6H2,1-4H3. The van der Waals surface area contributed by atoms with Gasteiger partial charge in [0, 0.05) is 5.57 Å². The molecule has 1 aromatic rings. The monoisotopic (exact) mass is 291 g/mol. The van der Waals surface area contributed by atoms with Gasteiger partial charge in [-0.15, -0.1) is 0 Å². The SMILES string of the molecule is CCCC(=C[N+](=O)[O-])c1ccc(C(=O)OC(C)(C)C)cc1. The zero-order valence-corrected chi connectivity index (χ0v) is 12.9. The van der Waals surface area contributed by atoms with Gasteiger partial charge < -0.3 is 4.74 Å². The van der Waals surface area contributed by atoms with E-state index in [0.29, 0.717) is 17.6 Å². The first-order chi connectivity index (χ1) is 9.73. The Morgan fingerprint density at radius 1 is 1.24 bits per heavy atom. The largest absolute Gasteiger partial charge is 0.456 e. The lowest BCUT2D eigenvalue weighted by Gasteiger charge is -2.19. The maximum Gasteiger partial charge on any atom is 0.338 e. The molecule has 0 amide bonds. The van der Waals surface area contributed by atoms with E-state index < -0.39 is 16.5 Å². The Morgan fingerprint density at radius 2 is 1.76 bits per heavy atom. The number of benzene rings is 1.